The van der Waals surface area contributed by atoms with Crippen molar-refractivity contribution in [2.75, 3.05) is 5.73 Å². The van der Waals surface area contributed by atoms with Gasteiger partial charge in [0.25, 0.3) is 17.5 Å². The Morgan fingerprint density at radius 3 is 2.76 bits per heavy atom. The Morgan fingerprint density at radius 2 is 2.19 bits per heavy atom. The minimum Gasteiger partial charge on any atom is -0.481 e. The number of aromatic hydroxyl groups is 1. The first-order valence-corrected chi connectivity index (χ1v) is 5.88. The molecule has 1 aliphatic rings. The van der Waals surface area contributed by atoms with Gasteiger partial charge in [-0.25, -0.2) is 14.5 Å². The standard InChI is InChI=1S/C12H9N5O4/c1-16-9(11(19)15-12(16)13)8-6-4-5(17(20)21)2-3-7(6)14-10(8)18/h2-4H,1H3,(H3,13,14,15,18,19)/p+1. The third kappa shape index (κ3) is 1.75. The fourth-order valence-corrected chi connectivity index (χ4v) is 2.27. The summed E-state index contributed by atoms with van der Waals surface area (Å²) < 4.78 is 1.38. The van der Waals surface area contributed by atoms with Gasteiger partial charge in [-0.3, -0.25) is 20.6 Å². The molecule has 2 heterocycles. The number of nitrogens with two attached hydrogens (primary N) is 1. The number of non-ortho nitro benzene ring substituents is 1. The summed E-state index contributed by atoms with van der Waals surface area (Å²) in [5, 5.41) is 21.4. The monoisotopic (exact) mass is 288 g/mol. The average molecular weight is 288 g/mol. The highest BCUT2D eigenvalue weighted by molar-refractivity contribution is 6.20. The summed E-state index contributed by atoms with van der Waals surface area (Å²) in [6, 6.07) is 3.91. The molecule has 4 N–H and O–H groups in total. The molecule has 1 aromatic heterocycles. The van der Waals surface area contributed by atoms with Crippen molar-refractivity contribution in [1.82, 2.24) is 4.98 Å². The average Bonchev–Trinajstić information content (AvgIpc) is 2.86. The number of nitro groups is 1. The van der Waals surface area contributed by atoms with Crippen molar-refractivity contribution in [3.63, 3.8) is 0 Å². The second kappa shape index (κ2) is 4.13. The zero-order chi connectivity index (χ0) is 15.3. The van der Waals surface area contributed by atoms with Crippen LogP contribution in [0.15, 0.2) is 23.2 Å². The van der Waals surface area contributed by atoms with Crippen molar-refractivity contribution in [2.45, 2.75) is 0 Å². The number of anilines is 1. The predicted molar refractivity (Wildman–Crippen MR) is 69.4 cm³/mol. The van der Waals surface area contributed by atoms with Crippen LogP contribution in [0, 0.1) is 10.1 Å². The molecule has 0 spiro atoms. The van der Waals surface area contributed by atoms with Crippen LogP contribution in [-0.4, -0.2) is 20.9 Å². The van der Waals surface area contributed by atoms with E-state index in [2.05, 4.69) is 9.98 Å². The van der Waals surface area contributed by atoms with Crippen LogP contribution in [0.4, 0.5) is 11.6 Å². The van der Waals surface area contributed by atoms with Crippen LogP contribution >= 0.6 is 0 Å². The first kappa shape index (κ1) is 12.8. The van der Waals surface area contributed by atoms with Crippen molar-refractivity contribution in [3.05, 3.63) is 44.6 Å². The zero-order valence-electron chi connectivity index (χ0n) is 10.8. The summed E-state index contributed by atoms with van der Waals surface area (Å²) in [5.41, 5.74) is 5.68. The normalized spacial score (nSPS) is 13.2. The number of imidazole rings is 1. The van der Waals surface area contributed by atoms with Gasteiger partial charge in [0.1, 0.15) is 0 Å². The van der Waals surface area contributed by atoms with Gasteiger partial charge in [0, 0.05) is 17.4 Å². The van der Waals surface area contributed by atoms with Gasteiger partial charge >= 0.3 is 5.95 Å². The van der Waals surface area contributed by atoms with Crippen LogP contribution < -0.4 is 20.9 Å². The fraction of sp³-hybridized carbons (Fsp3) is 0.0833. The number of aromatic amines is 1. The number of fused-ring (bicyclic) bond motifs is 1. The molecule has 3 rings (SSSR count). The van der Waals surface area contributed by atoms with E-state index in [0.717, 1.165) is 0 Å². The summed E-state index contributed by atoms with van der Waals surface area (Å²) in [4.78, 5) is 28.7. The Morgan fingerprint density at radius 1 is 1.48 bits per heavy atom. The van der Waals surface area contributed by atoms with Crippen molar-refractivity contribution in [2.24, 2.45) is 12.0 Å². The van der Waals surface area contributed by atoms with Crippen LogP contribution in [0.3, 0.4) is 0 Å². The molecule has 9 heteroatoms. The van der Waals surface area contributed by atoms with Crippen LogP contribution in [0.1, 0.15) is 5.69 Å². The summed E-state index contributed by atoms with van der Waals surface area (Å²) in [6.07, 6.45) is 0. The molecule has 1 aliphatic heterocycles. The highest BCUT2D eigenvalue weighted by Gasteiger charge is 2.30. The summed E-state index contributed by atoms with van der Waals surface area (Å²) >= 11 is 0. The van der Waals surface area contributed by atoms with E-state index in [9.17, 15) is 20.0 Å². The van der Waals surface area contributed by atoms with Gasteiger partial charge in [-0.2, -0.15) is 0 Å². The van der Waals surface area contributed by atoms with Gasteiger partial charge in [0.2, 0.25) is 0 Å². The van der Waals surface area contributed by atoms with Gasteiger partial charge in [0.15, 0.2) is 5.69 Å². The lowest BCUT2D eigenvalue weighted by atomic mass is 10.1. The number of hydrogen-bond donors (Lipinski definition) is 3. The SMILES string of the molecule is C[n+]1c(N)[nH]c(O)c1C1=c2cc([N+](=O)[O-])ccc2=NC1=O. The molecule has 9 nitrogen and oxygen atoms in total. The molecular weight excluding hydrogens is 278 g/mol. The lowest BCUT2D eigenvalue weighted by Gasteiger charge is -1.98. The number of carbonyl (C=O) groups excluding carboxylic acids is 1. The van der Waals surface area contributed by atoms with E-state index in [0.29, 0.717) is 10.6 Å². The molecule has 1 aromatic carbocycles. The molecule has 106 valence electrons. The number of nitrogens with one attached hydrogen (secondary N) is 1. The second-order valence-corrected chi connectivity index (χ2v) is 4.52. The smallest absolute Gasteiger partial charge is 0.355 e. The summed E-state index contributed by atoms with van der Waals surface area (Å²) in [6.45, 7) is 0. The highest BCUT2D eigenvalue weighted by Crippen LogP contribution is 2.21. The van der Waals surface area contributed by atoms with E-state index in [1.165, 1.54) is 22.8 Å². The number of amides is 1. The Bertz CT molecular complexity index is 928. The molecule has 0 radical (unpaired) electrons. The molecule has 0 saturated heterocycles. The molecule has 0 aliphatic carbocycles. The summed E-state index contributed by atoms with van der Waals surface area (Å²) in [5.74, 6) is -0.745. The quantitative estimate of drug-likeness (QED) is 0.347. The summed E-state index contributed by atoms with van der Waals surface area (Å²) in [7, 11) is 1.55. The zero-order valence-corrected chi connectivity index (χ0v) is 10.8. The van der Waals surface area contributed by atoms with Crippen molar-refractivity contribution >= 4 is 23.1 Å². The van der Waals surface area contributed by atoms with E-state index in [1.54, 1.807) is 7.05 Å². The maximum absolute atomic E-state index is 12.1. The van der Waals surface area contributed by atoms with Gasteiger partial charge in [-0.1, -0.05) is 0 Å². The van der Waals surface area contributed by atoms with E-state index in [-0.39, 0.29) is 28.8 Å². The number of benzene rings is 1. The number of nitrogens with zero attached hydrogens (tertiary/aromatic N) is 3. The molecule has 2 aromatic rings. The van der Waals surface area contributed by atoms with Gasteiger partial charge in [0.05, 0.1) is 22.9 Å². The minimum atomic E-state index is -0.588. The molecule has 0 unspecified atom stereocenters. The Labute approximate surface area is 116 Å². The van der Waals surface area contributed by atoms with Crippen LogP contribution in [0.25, 0.3) is 5.57 Å². The van der Waals surface area contributed by atoms with Crippen LogP contribution in [-0.2, 0) is 11.8 Å². The van der Waals surface area contributed by atoms with Crippen LogP contribution in [0.5, 0.6) is 5.88 Å². The third-order valence-corrected chi connectivity index (χ3v) is 3.30. The predicted octanol–water partition coefficient (Wildman–Crippen LogP) is -1.61. The number of nitro benzene ring substituents is 1. The topological polar surface area (TPSA) is 138 Å². The molecule has 1 amide bonds. The molecule has 0 saturated carbocycles. The van der Waals surface area contributed by atoms with E-state index < -0.39 is 10.8 Å². The maximum atomic E-state index is 12.1. The number of aromatic nitrogens is 2. The Balaban J connectivity index is 2.42. The number of rotatable bonds is 2. The largest absolute Gasteiger partial charge is 0.481 e. The van der Waals surface area contributed by atoms with E-state index in [4.69, 9.17) is 5.73 Å². The Hall–Kier alpha value is -3.23. The molecule has 21 heavy (non-hydrogen) atoms. The lowest BCUT2D eigenvalue weighted by molar-refractivity contribution is -0.657. The number of nitrogen functional groups attached to an aromatic ring is 1. The van der Waals surface area contributed by atoms with Crippen molar-refractivity contribution in [1.29, 1.82) is 0 Å². The van der Waals surface area contributed by atoms with E-state index >= 15 is 0 Å². The van der Waals surface area contributed by atoms with Crippen LogP contribution in [0.2, 0.25) is 0 Å². The van der Waals surface area contributed by atoms with Gasteiger partial charge in [-0.05, 0) is 6.07 Å². The minimum absolute atomic E-state index is 0.0710. The number of H-pyrrole nitrogens is 1. The molecule has 0 bridgehead atoms. The number of hydrogen-bond acceptors (Lipinski definition) is 5. The highest BCUT2D eigenvalue weighted by atomic mass is 16.6. The molecular formula is C12H10N5O4+. The Kier molecular flexibility index (Phi) is 2.52. The molecule has 0 atom stereocenters. The second-order valence-electron chi connectivity index (χ2n) is 4.52. The van der Waals surface area contributed by atoms with E-state index in [1.807, 2.05) is 0 Å². The van der Waals surface area contributed by atoms with Crippen molar-refractivity contribution in [3.8, 4) is 5.88 Å². The first-order valence-electron chi connectivity index (χ1n) is 5.88. The lowest BCUT2D eigenvalue weighted by Crippen LogP contribution is -2.36. The maximum Gasteiger partial charge on any atom is 0.355 e. The first-order chi connectivity index (χ1) is 9.90. The molecule has 0 fully saturated rings. The third-order valence-electron chi connectivity index (χ3n) is 3.30. The number of carbonyl (C=O) groups is 1. The fourth-order valence-electron chi connectivity index (χ4n) is 2.27. The van der Waals surface area contributed by atoms with Crippen molar-refractivity contribution < 1.29 is 19.4 Å². The van der Waals surface area contributed by atoms with Gasteiger partial charge < -0.3 is 5.11 Å². The van der Waals surface area contributed by atoms with Gasteiger partial charge in [-0.15, -0.1) is 0 Å².